The molecule has 0 saturated heterocycles. The van der Waals surface area contributed by atoms with Crippen molar-refractivity contribution in [3.63, 3.8) is 0 Å². The van der Waals surface area contributed by atoms with Crippen LogP contribution in [0.5, 0.6) is 0 Å². The van der Waals surface area contributed by atoms with Crippen LogP contribution in [0.3, 0.4) is 0 Å². The van der Waals surface area contributed by atoms with Gasteiger partial charge in [-0.25, -0.2) is 0 Å². The minimum atomic E-state index is 0.361. The van der Waals surface area contributed by atoms with E-state index in [0.717, 1.165) is 94.1 Å². The molecule has 316 valence electrons. The normalized spacial score (nSPS) is 11.5. The highest BCUT2D eigenvalue weighted by Gasteiger charge is 2.25. The van der Waals surface area contributed by atoms with Gasteiger partial charge in [-0.05, 0) is 107 Å². The number of rotatable bonds is 7. The number of nitriles is 2. The molecule has 0 amide bonds. The highest BCUT2D eigenvalue weighted by molar-refractivity contribution is 6.24. The Hall–Kier alpha value is -9.62. The summed E-state index contributed by atoms with van der Waals surface area (Å²) in [6, 6.07) is 82.1. The van der Waals surface area contributed by atoms with Gasteiger partial charge >= 0.3 is 0 Å². The third kappa shape index (κ3) is 6.03. The van der Waals surface area contributed by atoms with Gasteiger partial charge in [-0.15, -0.1) is 0 Å². The number of aromatic nitrogens is 2. The maximum atomic E-state index is 11.2. The molecule has 6 heteroatoms. The standard InChI is InChI=1S/C62H37N5O/c63-38-44-35-49(36-45(39-64)61(44)65(46-27-23-42(24-28-46)40-13-3-1-4-14-40)47-29-25-43(26-30-47)41-15-5-2-6-16-41)67-57-33-31-48(66-55-20-10-7-17-50(55)51-18-8-11-21-56(51)66)37-54(57)60-58(67)34-32-53-52-19-9-12-22-59(52)68-62(53)60/h1-37H. The van der Waals surface area contributed by atoms with E-state index in [-0.39, 0.29) is 0 Å². The van der Waals surface area contributed by atoms with E-state index >= 15 is 0 Å². The van der Waals surface area contributed by atoms with Crippen LogP contribution in [0.2, 0.25) is 0 Å². The van der Waals surface area contributed by atoms with Crippen molar-refractivity contribution >= 4 is 82.6 Å². The lowest BCUT2D eigenvalue weighted by Crippen LogP contribution is -2.14. The van der Waals surface area contributed by atoms with Gasteiger partial charge in [-0.3, -0.25) is 0 Å². The van der Waals surface area contributed by atoms with Crippen LogP contribution in [0.25, 0.3) is 99.2 Å². The Morgan fingerprint density at radius 3 is 1.41 bits per heavy atom. The van der Waals surface area contributed by atoms with Crippen molar-refractivity contribution in [1.29, 1.82) is 10.5 Å². The largest absolute Gasteiger partial charge is 0.455 e. The zero-order valence-corrected chi connectivity index (χ0v) is 36.5. The van der Waals surface area contributed by atoms with Crippen LogP contribution in [0, 0.1) is 22.7 Å². The number of fused-ring (bicyclic) bond motifs is 10. The molecule has 0 fully saturated rings. The maximum absolute atomic E-state index is 11.2. The number of nitrogens with zero attached hydrogens (tertiary/aromatic N) is 5. The summed E-state index contributed by atoms with van der Waals surface area (Å²) >= 11 is 0. The number of hydrogen-bond acceptors (Lipinski definition) is 4. The van der Waals surface area contributed by atoms with Gasteiger partial charge in [0.2, 0.25) is 0 Å². The lowest BCUT2D eigenvalue weighted by molar-refractivity contribution is 0.673. The van der Waals surface area contributed by atoms with Gasteiger partial charge in [-0.1, -0.05) is 140 Å². The van der Waals surface area contributed by atoms with Crippen LogP contribution in [0.15, 0.2) is 229 Å². The van der Waals surface area contributed by atoms with E-state index in [1.54, 1.807) is 0 Å². The number of anilines is 3. The van der Waals surface area contributed by atoms with Gasteiger partial charge in [0, 0.05) is 49.7 Å². The Morgan fingerprint density at radius 1 is 0.368 bits per heavy atom. The molecular formula is C62H37N5O. The Bertz CT molecular complexity index is 4030. The lowest BCUT2D eigenvalue weighted by Gasteiger charge is -2.28. The maximum Gasteiger partial charge on any atom is 0.145 e. The summed E-state index contributed by atoms with van der Waals surface area (Å²) < 4.78 is 11.3. The average molecular weight is 868 g/mol. The first-order valence-electron chi connectivity index (χ1n) is 22.6. The van der Waals surface area contributed by atoms with Crippen LogP contribution < -0.4 is 4.90 Å². The van der Waals surface area contributed by atoms with Crippen molar-refractivity contribution in [3.8, 4) is 45.8 Å². The third-order valence-corrected chi connectivity index (χ3v) is 13.4. The average Bonchev–Trinajstić information content (AvgIpc) is 4.07. The molecule has 0 aliphatic rings. The molecular weight excluding hydrogens is 831 g/mol. The molecule has 0 saturated carbocycles. The molecule has 0 radical (unpaired) electrons. The van der Waals surface area contributed by atoms with Gasteiger partial charge in [-0.2, -0.15) is 10.5 Å². The smallest absolute Gasteiger partial charge is 0.145 e. The van der Waals surface area contributed by atoms with Gasteiger partial charge in [0.05, 0.1) is 44.3 Å². The second-order valence-corrected chi connectivity index (χ2v) is 17.1. The molecule has 0 aliphatic heterocycles. The molecule has 0 unspecified atom stereocenters. The van der Waals surface area contributed by atoms with Crippen molar-refractivity contribution in [2.45, 2.75) is 0 Å². The topological polar surface area (TPSA) is 73.8 Å². The van der Waals surface area contributed by atoms with Crippen molar-refractivity contribution in [2.24, 2.45) is 0 Å². The fourth-order valence-electron chi connectivity index (χ4n) is 10.3. The third-order valence-electron chi connectivity index (χ3n) is 13.4. The summed E-state index contributed by atoms with van der Waals surface area (Å²) in [5.41, 5.74) is 14.6. The fraction of sp³-hybridized carbons (Fsp3) is 0. The molecule has 0 N–H and O–H groups in total. The first-order valence-corrected chi connectivity index (χ1v) is 22.6. The molecule has 3 heterocycles. The highest BCUT2D eigenvalue weighted by Crippen LogP contribution is 2.45. The zero-order chi connectivity index (χ0) is 45.3. The Labute approximate surface area is 391 Å². The monoisotopic (exact) mass is 867 g/mol. The second kappa shape index (κ2) is 15.5. The van der Waals surface area contributed by atoms with Crippen molar-refractivity contribution < 1.29 is 4.42 Å². The zero-order valence-electron chi connectivity index (χ0n) is 36.5. The SMILES string of the molecule is N#Cc1cc(-n2c3ccc(-n4c5ccccc5c5ccccc54)cc3c3c4oc5ccccc5c4ccc32)cc(C#N)c1N(c1ccc(-c2ccccc2)cc1)c1ccc(-c2ccccc2)cc1. The Balaban J connectivity index is 1.04. The molecule has 0 aliphatic carbocycles. The number of hydrogen-bond donors (Lipinski definition) is 0. The Morgan fingerprint density at radius 2 is 0.838 bits per heavy atom. The van der Waals surface area contributed by atoms with Crippen molar-refractivity contribution in [1.82, 2.24) is 9.13 Å². The van der Waals surface area contributed by atoms with Crippen molar-refractivity contribution in [3.05, 3.63) is 236 Å². The molecule has 0 bridgehead atoms. The van der Waals surface area contributed by atoms with E-state index in [1.165, 1.54) is 10.8 Å². The summed E-state index contributed by atoms with van der Waals surface area (Å²) in [6.07, 6.45) is 0. The molecule has 10 aromatic carbocycles. The highest BCUT2D eigenvalue weighted by atomic mass is 16.3. The van der Waals surface area contributed by atoms with Gasteiger partial charge in [0.25, 0.3) is 0 Å². The van der Waals surface area contributed by atoms with E-state index < -0.39 is 0 Å². The van der Waals surface area contributed by atoms with Gasteiger partial charge in [0.1, 0.15) is 23.3 Å². The first kappa shape index (κ1) is 38.8. The van der Waals surface area contributed by atoms with Crippen molar-refractivity contribution in [2.75, 3.05) is 4.90 Å². The summed E-state index contributed by atoms with van der Waals surface area (Å²) in [6.45, 7) is 0. The van der Waals surface area contributed by atoms with Gasteiger partial charge < -0.3 is 18.5 Å². The second-order valence-electron chi connectivity index (χ2n) is 17.1. The fourth-order valence-corrected chi connectivity index (χ4v) is 10.3. The van der Waals surface area contributed by atoms with E-state index in [2.05, 4.69) is 179 Å². The minimum absolute atomic E-state index is 0.361. The molecule has 0 atom stereocenters. The van der Waals surface area contributed by atoms with Crippen LogP contribution >= 0.6 is 0 Å². The summed E-state index contributed by atoms with van der Waals surface area (Å²) in [5, 5.41) is 28.9. The minimum Gasteiger partial charge on any atom is -0.455 e. The summed E-state index contributed by atoms with van der Waals surface area (Å²) in [4.78, 5) is 2.03. The quantitative estimate of drug-likeness (QED) is 0.160. The predicted molar refractivity (Wildman–Crippen MR) is 277 cm³/mol. The predicted octanol–water partition coefficient (Wildman–Crippen LogP) is 16.3. The first-order chi connectivity index (χ1) is 33.6. The van der Waals surface area contributed by atoms with Crippen LogP contribution in [0.4, 0.5) is 17.1 Å². The number of para-hydroxylation sites is 3. The summed E-state index contributed by atoms with van der Waals surface area (Å²) in [5.74, 6) is 0. The molecule has 3 aromatic heterocycles. The molecule has 0 spiro atoms. The Kier molecular flexibility index (Phi) is 8.86. The molecule has 13 aromatic rings. The summed E-state index contributed by atoms with van der Waals surface area (Å²) in [7, 11) is 0. The molecule has 6 nitrogen and oxygen atoms in total. The van der Waals surface area contributed by atoms with Crippen LogP contribution in [-0.2, 0) is 0 Å². The lowest BCUT2D eigenvalue weighted by atomic mass is 10.0. The van der Waals surface area contributed by atoms with Gasteiger partial charge in [0.15, 0.2) is 0 Å². The van der Waals surface area contributed by atoms with E-state index in [1.807, 2.05) is 71.6 Å². The molecule has 68 heavy (non-hydrogen) atoms. The van der Waals surface area contributed by atoms with E-state index in [0.29, 0.717) is 22.5 Å². The number of benzene rings is 10. The molecule has 13 rings (SSSR count). The van der Waals surface area contributed by atoms with E-state index in [9.17, 15) is 10.5 Å². The van der Waals surface area contributed by atoms with Crippen LogP contribution in [0.1, 0.15) is 11.1 Å². The van der Waals surface area contributed by atoms with E-state index in [4.69, 9.17) is 4.42 Å². The van der Waals surface area contributed by atoms with Crippen LogP contribution in [-0.4, -0.2) is 9.13 Å². The number of furan rings is 1.